The summed E-state index contributed by atoms with van der Waals surface area (Å²) in [6.07, 6.45) is 0. The van der Waals surface area contributed by atoms with E-state index in [2.05, 4.69) is 95.6 Å². The third kappa shape index (κ3) is 8.02. The highest BCUT2D eigenvalue weighted by molar-refractivity contribution is 9.39. The number of benzene rings is 4. The number of hydrogen-bond acceptors (Lipinski definition) is 6. The third-order valence-corrected chi connectivity index (χ3v) is 9.78. The number of halogens is 6. The molecule has 0 aliphatic heterocycles. The maximum absolute atomic E-state index is 13.2. The van der Waals surface area contributed by atoms with Crippen LogP contribution in [0.2, 0.25) is 0 Å². The average Bonchev–Trinajstić information content (AvgIpc) is 2.83. The molecule has 0 radical (unpaired) electrons. The van der Waals surface area contributed by atoms with Gasteiger partial charge in [0.05, 0.1) is 9.79 Å². The van der Waals surface area contributed by atoms with Gasteiger partial charge in [0.1, 0.15) is 23.0 Å². The van der Waals surface area contributed by atoms with Crippen molar-refractivity contribution in [2.75, 3.05) is 11.5 Å². The molecule has 204 valence electrons. The molecule has 4 aromatic rings. The average molecular weight is 934 g/mol. The van der Waals surface area contributed by atoms with Crippen LogP contribution in [-0.2, 0) is 14.1 Å². The van der Waals surface area contributed by atoms with E-state index in [0.29, 0.717) is 34.4 Å². The number of sulfone groups is 1. The fourth-order valence-corrected chi connectivity index (χ4v) is 6.11. The van der Waals surface area contributed by atoms with Crippen LogP contribution in [-0.4, -0.2) is 8.42 Å². The second kappa shape index (κ2) is 12.0. The van der Waals surface area contributed by atoms with E-state index in [1.807, 2.05) is 0 Å². The fraction of sp³-hybridized carbons (Fsp3) is 0.0769. The Labute approximate surface area is 276 Å². The van der Waals surface area contributed by atoms with Crippen molar-refractivity contribution in [3.05, 3.63) is 96.1 Å². The first-order valence-electron chi connectivity index (χ1n) is 10.9. The molecule has 0 aliphatic rings. The minimum atomic E-state index is -3.77. The SMILES string of the molecule is Nc1cc(Oc2ccc(S(=O)(=O)c3ccc(Oc4cc(N)cc(C(Br)(Br)Br)c4)cc3)cc2)cc(C(Br)(Br)Br)c1. The molecule has 39 heavy (non-hydrogen) atoms. The van der Waals surface area contributed by atoms with Crippen molar-refractivity contribution in [1.29, 1.82) is 0 Å². The molecule has 0 atom stereocenters. The van der Waals surface area contributed by atoms with E-state index in [1.54, 1.807) is 60.7 Å². The van der Waals surface area contributed by atoms with Crippen LogP contribution in [0.25, 0.3) is 0 Å². The zero-order valence-corrected chi connectivity index (χ0v) is 29.9. The Morgan fingerprint density at radius 2 is 0.846 bits per heavy atom. The Balaban J connectivity index is 1.50. The molecule has 4 rings (SSSR count). The summed E-state index contributed by atoms with van der Waals surface area (Å²) >= 11 is 20.8. The maximum atomic E-state index is 13.2. The summed E-state index contributed by atoms with van der Waals surface area (Å²) < 4.78 is 37.0. The molecular formula is C26H18Br6N2O4S. The van der Waals surface area contributed by atoms with Crippen LogP contribution in [0.3, 0.4) is 0 Å². The van der Waals surface area contributed by atoms with Crippen molar-refractivity contribution in [2.24, 2.45) is 0 Å². The molecule has 0 spiro atoms. The van der Waals surface area contributed by atoms with Crippen LogP contribution < -0.4 is 20.9 Å². The highest BCUT2D eigenvalue weighted by Gasteiger charge is 2.24. The van der Waals surface area contributed by atoms with E-state index in [4.69, 9.17) is 20.9 Å². The number of rotatable bonds is 6. The summed E-state index contributed by atoms with van der Waals surface area (Å²) in [6.45, 7) is 0. The molecule has 13 heteroatoms. The van der Waals surface area contributed by atoms with Gasteiger partial charge in [-0.05, 0) is 83.9 Å². The summed E-state index contributed by atoms with van der Waals surface area (Å²) in [4.78, 5) is 0.252. The molecule has 0 fully saturated rings. The van der Waals surface area contributed by atoms with Gasteiger partial charge < -0.3 is 20.9 Å². The number of ether oxygens (including phenoxy) is 2. The Bertz CT molecular complexity index is 1490. The van der Waals surface area contributed by atoms with Crippen molar-refractivity contribution < 1.29 is 17.9 Å². The molecule has 0 aromatic heterocycles. The smallest absolute Gasteiger partial charge is 0.206 e. The summed E-state index contributed by atoms with van der Waals surface area (Å²) in [7, 11) is -3.77. The lowest BCUT2D eigenvalue weighted by Gasteiger charge is -2.16. The Morgan fingerprint density at radius 1 is 0.513 bits per heavy atom. The summed E-state index contributed by atoms with van der Waals surface area (Å²) in [5.74, 6) is 1.92. The predicted octanol–water partition coefficient (Wildman–Crippen LogP) is 9.86. The highest BCUT2D eigenvalue weighted by Crippen LogP contribution is 2.47. The predicted molar refractivity (Wildman–Crippen MR) is 177 cm³/mol. The van der Waals surface area contributed by atoms with Gasteiger partial charge in [0.15, 0.2) is 4.29 Å². The number of hydrogen-bond donors (Lipinski definition) is 2. The number of anilines is 2. The van der Waals surface area contributed by atoms with Gasteiger partial charge in [0.25, 0.3) is 0 Å². The summed E-state index contributed by atoms with van der Waals surface area (Å²) in [6, 6.07) is 22.8. The van der Waals surface area contributed by atoms with E-state index in [9.17, 15) is 8.42 Å². The Morgan fingerprint density at radius 3 is 1.15 bits per heavy atom. The molecule has 0 saturated carbocycles. The Kier molecular flexibility index (Phi) is 9.52. The highest BCUT2D eigenvalue weighted by atomic mass is 80.0. The first-order valence-corrected chi connectivity index (χ1v) is 17.1. The third-order valence-electron chi connectivity index (χ3n) is 5.25. The van der Waals surface area contributed by atoms with Gasteiger partial charge in [-0.2, -0.15) is 0 Å². The van der Waals surface area contributed by atoms with Crippen molar-refractivity contribution >= 4 is 117 Å². The Hall–Kier alpha value is -1.09. The van der Waals surface area contributed by atoms with E-state index in [1.165, 1.54) is 24.3 Å². The van der Waals surface area contributed by atoms with Crippen molar-refractivity contribution in [2.45, 2.75) is 14.1 Å². The van der Waals surface area contributed by atoms with Crippen LogP contribution in [0.1, 0.15) is 11.1 Å². The molecule has 0 amide bonds. The zero-order valence-electron chi connectivity index (χ0n) is 19.5. The second-order valence-corrected chi connectivity index (χ2v) is 23.7. The minimum Gasteiger partial charge on any atom is -0.457 e. The number of nitrogen functional groups attached to an aromatic ring is 2. The lowest BCUT2D eigenvalue weighted by Crippen LogP contribution is -2.02. The maximum Gasteiger partial charge on any atom is 0.206 e. The summed E-state index contributed by atoms with van der Waals surface area (Å²) in [5.41, 5.74) is 14.6. The van der Waals surface area contributed by atoms with Gasteiger partial charge in [-0.1, -0.05) is 95.6 Å². The van der Waals surface area contributed by atoms with Gasteiger partial charge in [-0.15, -0.1) is 0 Å². The molecule has 6 nitrogen and oxygen atoms in total. The minimum absolute atomic E-state index is 0.126. The van der Waals surface area contributed by atoms with Crippen molar-refractivity contribution in [3.63, 3.8) is 0 Å². The van der Waals surface area contributed by atoms with Crippen LogP contribution in [0.5, 0.6) is 23.0 Å². The first kappa shape index (κ1) is 30.9. The van der Waals surface area contributed by atoms with Crippen LogP contribution in [0, 0.1) is 0 Å². The van der Waals surface area contributed by atoms with Gasteiger partial charge >= 0.3 is 0 Å². The van der Waals surface area contributed by atoms with Gasteiger partial charge in [-0.25, -0.2) is 8.42 Å². The van der Waals surface area contributed by atoms with Gasteiger partial charge in [-0.3, -0.25) is 0 Å². The van der Waals surface area contributed by atoms with E-state index in [0.717, 1.165) is 11.1 Å². The number of nitrogens with two attached hydrogens (primary N) is 2. The molecule has 0 heterocycles. The fourth-order valence-electron chi connectivity index (χ4n) is 3.47. The van der Waals surface area contributed by atoms with Crippen LogP contribution in [0.4, 0.5) is 11.4 Å². The van der Waals surface area contributed by atoms with Crippen LogP contribution in [0.15, 0.2) is 94.7 Å². The topological polar surface area (TPSA) is 105 Å². The first-order chi connectivity index (χ1) is 18.1. The summed E-state index contributed by atoms with van der Waals surface area (Å²) in [5, 5.41) is 0. The molecule has 0 aliphatic carbocycles. The van der Waals surface area contributed by atoms with Crippen LogP contribution >= 0.6 is 95.6 Å². The molecule has 4 N–H and O–H groups in total. The van der Waals surface area contributed by atoms with E-state index >= 15 is 0 Å². The van der Waals surface area contributed by atoms with Gasteiger partial charge in [0.2, 0.25) is 9.84 Å². The lowest BCUT2D eigenvalue weighted by molar-refractivity contribution is 0.482. The zero-order chi connectivity index (χ0) is 28.6. The molecule has 0 unspecified atom stereocenters. The monoisotopic (exact) mass is 928 g/mol. The molecule has 4 aromatic carbocycles. The quantitative estimate of drug-likeness (QED) is 0.148. The lowest BCUT2D eigenvalue weighted by atomic mass is 10.2. The van der Waals surface area contributed by atoms with E-state index < -0.39 is 14.1 Å². The van der Waals surface area contributed by atoms with Crippen molar-refractivity contribution in [3.8, 4) is 23.0 Å². The molecule has 0 saturated heterocycles. The van der Waals surface area contributed by atoms with E-state index in [-0.39, 0.29) is 9.79 Å². The second-order valence-electron chi connectivity index (χ2n) is 8.23. The molecule has 0 bridgehead atoms. The number of alkyl halides is 6. The van der Waals surface area contributed by atoms with Gasteiger partial charge in [0, 0.05) is 23.5 Å². The normalized spacial score (nSPS) is 12.3. The largest absolute Gasteiger partial charge is 0.457 e. The van der Waals surface area contributed by atoms with Crippen molar-refractivity contribution in [1.82, 2.24) is 0 Å². The molecular weight excluding hydrogens is 916 g/mol. The standard InChI is InChI=1S/C26H18Br6N2O4S/c27-25(28,29)15-9-17(33)13-21(11-15)37-19-1-5-23(6-2-19)39(35,36)24-7-3-20(4-8-24)38-22-12-16(26(30,31)32)10-18(34)14-22/h1-14H,33-34H2.